The molecule has 0 spiro atoms. The zero-order chi connectivity index (χ0) is 12.8. The van der Waals surface area contributed by atoms with Gasteiger partial charge in [-0.2, -0.15) is 0 Å². The van der Waals surface area contributed by atoms with Gasteiger partial charge in [0.1, 0.15) is 0 Å². The van der Waals surface area contributed by atoms with Gasteiger partial charge in [0.15, 0.2) is 0 Å². The van der Waals surface area contributed by atoms with Crippen LogP contribution in [-0.2, 0) is 19.1 Å². The fourth-order valence-electron chi connectivity index (χ4n) is 0.865. The van der Waals surface area contributed by atoms with Crippen LogP contribution in [0.15, 0.2) is 0 Å². The quantitative estimate of drug-likeness (QED) is 0.429. The first kappa shape index (κ1) is 15.2. The van der Waals surface area contributed by atoms with E-state index in [0.29, 0.717) is 0 Å². The molecular weight excluding hydrogens is 239 g/mol. The molecular formula is C8H17O7P. The Kier molecular flexibility index (Phi) is 5.28. The predicted molar refractivity (Wildman–Crippen MR) is 56.6 cm³/mol. The summed E-state index contributed by atoms with van der Waals surface area (Å²) in [5.41, 5.74) is 0. The second-order valence-corrected chi connectivity index (χ2v) is 7.04. The van der Waals surface area contributed by atoms with Crippen molar-refractivity contribution in [1.29, 1.82) is 0 Å². The Labute approximate surface area is 93.2 Å². The van der Waals surface area contributed by atoms with Gasteiger partial charge in [-0.15, -0.1) is 0 Å². The number of esters is 2. The molecule has 3 N–H and O–H groups in total. The van der Waals surface area contributed by atoms with Crippen molar-refractivity contribution in [1.82, 2.24) is 0 Å². The van der Waals surface area contributed by atoms with Gasteiger partial charge in [-0.05, 0) is 0 Å². The average molecular weight is 256 g/mol. The number of carbonyl (C=O) groups excluding carboxylic acids is 2. The van der Waals surface area contributed by atoms with Crippen molar-refractivity contribution in [2.75, 3.05) is 25.5 Å². The molecule has 8 heteroatoms. The van der Waals surface area contributed by atoms with Crippen LogP contribution in [0.1, 0.15) is 13.8 Å². The van der Waals surface area contributed by atoms with Gasteiger partial charge in [-0.25, -0.2) is 0 Å². The van der Waals surface area contributed by atoms with E-state index in [1.54, 1.807) is 0 Å². The van der Waals surface area contributed by atoms with Gasteiger partial charge < -0.3 is 0 Å². The Morgan fingerprint density at radius 2 is 1.25 bits per heavy atom. The second-order valence-electron chi connectivity index (χ2n) is 3.47. The molecule has 0 aromatic carbocycles. The zero-order valence-electron chi connectivity index (χ0n) is 9.25. The molecule has 96 valence electrons. The van der Waals surface area contributed by atoms with Crippen LogP contribution in [0.25, 0.3) is 0 Å². The average Bonchev–Trinajstić information content (AvgIpc) is 1.99. The minimum atomic E-state index is -4.86. The van der Waals surface area contributed by atoms with E-state index in [9.17, 15) is 24.3 Å². The van der Waals surface area contributed by atoms with Crippen molar-refractivity contribution < 1.29 is 33.7 Å². The monoisotopic (exact) mass is 256 g/mol. The van der Waals surface area contributed by atoms with E-state index >= 15 is 0 Å². The standard InChI is InChI=1S/C8H17O7P/c1-7(9)14-3-5-16(11,12,13)6-4-15-8(2)10/h11-13H,3-6H2,1-2H3. The first-order chi connectivity index (χ1) is 7.10. The summed E-state index contributed by atoms with van der Waals surface area (Å²) in [6, 6.07) is 0. The SMILES string of the molecule is CC(=O)OCCP(O)(O)(O)CCOC(C)=O. The van der Waals surface area contributed by atoms with Crippen molar-refractivity contribution in [3.05, 3.63) is 0 Å². The van der Waals surface area contributed by atoms with Crippen LogP contribution < -0.4 is 0 Å². The molecule has 0 fully saturated rings. The third kappa shape index (κ3) is 8.55. The van der Waals surface area contributed by atoms with Gasteiger partial charge >= 0.3 is 92.4 Å². The fourth-order valence-corrected chi connectivity index (χ4v) is 2.02. The van der Waals surface area contributed by atoms with Crippen molar-refractivity contribution in [2.45, 2.75) is 13.8 Å². The topological polar surface area (TPSA) is 113 Å². The van der Waals surface area contributed by atoms with E-state index in [1.165, 1.54) is 13.8 Å². The predicted octanol–water partition coefficient (Wildman–Crippen LogP) is -0.612. The molecule has 0 aromatic heterocycles. The van der Waals surface area contributed by atoms with Crippen LogP contribution >= 0.6 is 7.28 Å². The van der Waals surface area contributed by atoms with Crippen LogP contribution in [-0.4, -0.2) is 52.2 Å². The van der Waals surface area contributed by atoms with Gasteiger partial charge in [0.25, 0.3) is 0 Å². The molecule has 0 heterocycles. The van der Waals surface area contributed by atoms with Gasteiger partial charge in [0, 0.05) is 0 Å². The third-order valence-corrected chi connectivity index (χ3v) is 3.91. The van der Waals surface area contributed by atoms with Crippen molar-refractivity contribution in [2.24, 2.45) is 0 Å². The normalized spacial score (nSPS) is 13.7. The number of carbonyl (C=O) groups is 2. The Bertz CT molecular complexity index is 243. The van der Waals surface area contributed by atoms with Crippen molar-refractivity contribution >= 4 is 19.2 Å². The summed E-state index contributed by atoms with van der Waals surface area (Å²) in [6.07, 6.45) is -0.932. The Morgan fingerprint density at radius 1 is 0.938 bits per heavy atom. The molecule has 0 radical (unpaired) electrons. The molecule has 0 aliphatic rings. The minimum absolute atomic E-state index is 0.295. The number of ether oxygens (including phenoxy) is 2. The molecule has 0 aliphatic heterocycles. The summed E-state index contributed by atoms with van der Waals surface area (Å²) in [5.74, 6) is -1.15. The van der Waals surface area contributed by atoms with E-state index < -0.39 is 31.5 Å². The van der Waals surface area contributed by atoms with Crippen LogP contribution in [0.5, 0.6) is 0 Å². The van der Waals surface area contributed by atoms with Crippen molar-refractivity contribution in [3.63, 3.8) is 0 Å². The van der Waals surface area contributed by atoms with E-state index in [2.05, 4.69) is 9.47 Å². The first-order valence-corrected chi connectivity index (χ1v) is 7.09. The first-order valence-electron chi connectivity index (χ1n) is 4.63. The number of hydrogen-bond acceptors (Lipinski definition) is 7. The van der Waals surface area contributed by atoms with E-state index in [-0.39, 0.29) is 13.2 Å². The van der Waals surface area contributed by atoms with Gasteiger partial charge in [0.05, 0.1) is 0 Å². The number of rotatable bonds is 6. The molecule has 0 amide bonds. The molecule has 0 aromatic rings. The molecule has 0 saturated carbocycles. The molecule has 16 heavy (non-hydrogen) atoms. The summed E-state index contributed by atoms with van der Waals surface area (Å²) < 4.78 is 8.95. The van der Waals surface area contributed by atoms with Gasteiger partial charge in [-0.1, -0.05) is 0 Å². The third-order valence-electron chi connectivity index (χ3n) is 1.71. The Morgan fingerprint density at radius 3 is 1.50 bits per heavy atom. The molecule has 0 saturated heterocycles. The maximum atomic E-state index is 10.4. The molecule has 0 atom stereocenters. The Balaban J connectivity index is 4.02. The van der Waals surface area contributed by atoms with Crippen molar-refractivity contribution in [3.8, 4) is 0 Å². The van der Waals surface area contributed by atoms with Crippen LogP contribution in [0, 0.1) is 0 Å². The molecule has 0 unspecified atom stereocenters. The summed E-state index contributed by atoms with van der Waals surface area (Å²) in [5, 5.41) is 0. The number of hydrogen-bond donors (Lipinski definition) is 3. The Hall–Kier alpha value is -0.750. The van der Waals surface area contributed by atoms with Crippen LogP contribution in [0.3, 0.4) is 0 Å². The van der Waals surface area contributed by atoms with E-state index in [4.69, 9.17) is 0 Å². The summed E-state index contributed by atoms with van der Waals surface area (Å²) in [7, 11) is -4.86. The maximum absolute atomic E-state index is 10.4. The summed E-state index contributed by atoms with van der Waals surface area (Å²) in [6.45, 7) is 1.74. The molecule has 7 nitrogen and oxygen atoms in total. The molecule has 0 rings (SSSR count). The van der Waals surface area contributed by atoms with E-state index in [0.717, 1.165) is 0 Å². The van der Waals surface area contributed by atoms with Gasteiger partial charge in [-0.3, -0.25) is 0 Å². The fraction of sp³-hybridized carbons (Fsp3) is 0.750. The van der Waals surface area contributed by atoms with Crippen LogP contribution in [0.2, 0.25) is 0 Å². The summed E-state index contributed by atoms with van der Waals surface area (Å²) in [4.78, 5) is 49.2. The zero-order valence-corrected chi connectivity index (χ0v) is 10.1. The summed E-state index contributed by atoms with van der Waals surface area (Å²) >= 11 is 0. The molecule has 0 bridgehead atoms. The second kappa shape index (κ2) is 5.54. The van der Waals surface area contributed by atoms with Gasteiger partial charge in [0.2, 0.25) is 0 Å². The molecule has 0 aliphatic carbocycles. The van der Waals surface area contributed by atoms with E-state index in [1.807, 2.05) is 0 Å². The van der Waals surface area contributed by atoms with Crippen LogP contribution in [0.4, 0.5) is 0 Å².